The molecule has 0 atom stereocenters. The molecule has 0 aliphatic rings. The second kappa shape index (κ2) is 8.43. The van der Waals surface area contributed by atoms with Gasteiger partial charge >= 0.3 is 12.1 Å². The maximum atomic E-state index is 12.5. The van der Waals surface area contributed by atoms with Gasteiger partial charge in [0.15, 0.2) is 0 Å². The summed E-state index contributed by atoms with van der Waals surface area (Å²) < 4.78 is 0. The Morgan fingerprint density at radius 2 is 1.12 bits per heavy atom. The lowest BCUT2D eigenvalue weighted by atomic mass is 10.1. The second-order valence-corrected chi connectivity index (χ2v) is 7.70. The molecule has 2 aromatic heterocycles. The number of fused-ring (bicyclic) bond motifs is 2. The van der Waals surface area contributed by atoms with Crippen LogP contribution < -0.4 is 21.3 Å². The quantitative estimate of drug-likeness (QED) is 0.199. The lowest BCUT2D eigenvalue weighted by molar-refractivity contribution is 0.261. The number of aromatic nitrogens is 2. The van der Waals surface area contributed by atoms with Gasteiger partial charge in [-0.3, -0.25) is 0 Å². The summed E-state index contributed by atoms with van der Waals surface area (Å²) in [6, 6.07) is 19.8. The van der Waals surface area contributed by atoms with E-state index in [-0.39, 0.29) is 12.1 Å². The van der Waals surface area contributed by atoms with E-state index in [1.165, 1.54) is 0 Å². The molecule has 0 bridgehead atoms. The third kappa shape index (κ3) is 4.35. The van der Waals surface area contributed by atoms with Crippen LogP contribution >= 0.6 is 0 Å². The van der Waals surface area contributed by atoms with Gasteiger partial charge in [0.05, 0.1) is 0 Å². The van der Waals surface area contributed by atoms with Crippen molar-refractivity contribution in [2.75, 3.05) is 21.3 Å². The first kappa shape index (κ1) is 20.2. The van der Waals surface area contributed by atoms with Crippen LogP contribution in [0, 0.1) is 6.92 Å². The smallest absolute Gasteiger partial charge is 0.323 e. The first-order valence-electron chi connectivity index (χ1n) is 10.4. The Hall–Kier alpha value is -4.72. The van der Waals surface area contributed by atoms with Crippen molar-refractivity contribution in [3.05, 3.63) is 84.7 Å². The van der Waals surface area contributed by atoms with E-state index < -0.39 is 0 Å². The van der Waals surface area contributed by atoms with Crippen molar-refractivity contribution in [2.45, 2.75) is 6.92 Å². The van der Waals surface area contributed by atoms with Crippen LogP contribution in [0.3, 0.4) is 0 Å². The number of hydrogen-bond donors (Lipinski definition) is 6. The molecular weight excluding hydrogens is 416 g/mol. The summed E-state index contributed by atoms with van der Waals surface area (Å²) in [7, 11) is 0. The number of aromatic amines is 2. The number of carbonyl (C=O) groups is 2. The maximum Gasteiger partial charge on any atom is 0.323 e. The Morgan fingerprint density at radius 1 is 0.636 bits per heavy atom. The van der Waals surface area contributed by atoms with Crippen molar-refractivity contribution in [1.29, 1.82) is 0 Å². The number of rotatable bonds is 4. The zero-order chi connectivity index (χ0) is 22.8. The van der Waals surface area contributed by atoms with Gasteiger partial charge < -0.3 is 31.2 Å². The number of nitrogens with one attached hydrogen (secondary N) is 6. The topological polar surface area (TPSA) is 114 Å². The standard InChI is InChI=1S/C25H22N6O2/c1-15-20(30-24(32)28-18-5-7-22-16(13-18)9-11-26-22)3-2-4-21(15)31-25(33)29-19-6-8-23-17(14-19)10-12-27-23/h2-14,26-27H,1H3,(H2,28,30,32)(H2,29,31,33). The Bertz CT molecular complexity index is 1370. The molecule has 164 valence electrons. The van der Waals surface area contributed by atoms with Crippen LogP contribution in [0.2, 0.25) is 0 Å². The molecule has 0 radical (unpaired) electrons. The minimum absolute atomic E-state index is 0.366. The summed E-state index contributed by atoms with van der Waals surface area (Å²) in [6.07, 6.45) is 3.70. The normalized spacial score (nSPS) is 10.8. The average molecular weight is 438 g/mol. The van der Waals surface area contributed by atoms with Crippen molar-refractivity contribution in [3.8, 4) is 0 Å². The number of anilines is 4. The molecule has 0 unspecified atom stereocenters. The molecular formula is C25H22N6O2. The van der Waals surface area contributed by atoms with Gasteiger partial charge in [0, 0.05) is 56.9 Å². The average Bonchev–Trinajstić information content (AvgIpc) is 3.45. The molecule has 2 heterocycles. The number of benzene rings is 3. The Balaban J connectivity index is 1.24. The van der Waals surface area contributed by atoms with Crippen LogP contribution in [0.15, 0.2) is 79.1 Å². The Kier molecular flexibility index (Phi) is 5.16. The van der Waals surface area contributed by atoms with Crippen LogP contribution in [-0.4, -0.2) is 22.0 Å². The minimum atomic E-state index is -0.366. The van der Waals surface area contributed by atoms with E-state index in [1.807, 2.05) is 67.8 Å². The van der Waals surface area contributed by atoms with Gasteiger partial charge in [-0.2, -0.15) is 0 Å². The van der Waals surface area contributed by atoms with Crippen LogP contribution in [0.4, 0.5) is 32.3 Å². The maximum absolute atomic E-state index is 12.5. The van der Waals surface area contributed by atoms with E-state index in [0.29, 0.717) is 22.7 Å². The molecule has 0 fully saturated rings. The van der Waals surface area contributed by atoms with Gasteiger partial charge in [-0.1, -0.05) is 6.07 Å². The Morgan fingerprint density at radius 3 is 1.61 bits per heavy atom. The molecule has 0 aliphatic heterocycles. The van der Waals surface area contributed by atoms with Crippen molar-refractivity contribution < 1.29 is 9.59 Å². The number of hydrogen-bond acceptors (Lipinski definition) is 2. The minimum Gasteiger partial charge on any atom is -0.361 e. The number of carbonyl (C=O) groups excluding carboxylic acids is 2. The SMILES string of the molecule is Cc1c(NC(=O)Nc2ccc3[nH]ccc3c2)cccc1NC(=O)Nc1ccc2[nH]ccc2c1. The third-order valence-corrected chi connectivity index (χ3v) is 5.45. The summed E-state index contributed by atoms with van der Waals surface area (Å²) in [6.45, 7) is 1.84. The van der Waals surface area contributed by atoms with Crippen molar-refractivity contribution >= 4 is 56.6 Å². The molecule has 5 rings (SSSR count). The van der Waals surface area contributed by atoms with Gasteiger partial charge in [0.1, 0.15) is 0 Å². The molecule has 0 saturated heterocycles. The van der Waals surface area contributed by atoms with Gasteiger partial charge in [0.2, 0.25) is 0 Å². The fourth-order valence-electron chi connectivity index (χ4n) is 3.74. The lowest BCUT2D eigenvalue weighted by Crippen LogP contribution is -2.22. The molecule has 0 aliphatic carbocycles. The van der Waals surface area contributed by atoms with Crippen molar-refractivity contribution in [2.24, 2.45) is 0 Å². The number of amides is 4. The first-order valence-corrected chi connectivity index (χ1v) is 10.4. The van der Waals surface area contributed by atoms with E-state index in [9.17, 15) is 9.59 Å². The fourth-order valence-corrected chi connectivity index (χ4v) is 3.74. The van der Waals surface area contributed by atoms with E-state index in [4.69, 9.17) is 0 Å². The summed E-state index contributed by atoms with van der Waals surface area (Å²) in [4.78, 5) is 31.3. The van der Waals surface area contributed by atoms with Crippen LogP contribution in [0.5, 0.6) is 0 Å². The van der Waals surface area contributed by atoms with Crippen LogP contribution in [0.1, 0.15) is 5.56 Å². The molecule has 6 N–H and O–H groups in total. The van der Waals surface area contributed by atoms with Crippen LogP contribution in [0.25, 0.3) is 21.8 Å². The molecule has 33 heavy (non-hydrogen) atoms. The van der Waals surface area contributed by atoms with Crippen LogP contribution in [-0.2, 0) is 0 Å². The largest absolute Gasteiger partial charge is 0.361 e. The Labute approximate surface area is 189 Å². The van der Waals surface area contributed by atoms with E-state index in [1.54, 1.807) is 18.2 Å². The molecule has 0 saturated carbocycles. The first-order chi connectivity index (χ1) is 16.0. The van der Waals surface area contributed by atoms with Crippen molar-refractivity contribution in [3.63, 3.8) is 0 Å². The molecule has 8 nitrogen and oxygen atoms in total. The number of urea groups is 2. The third-order valence-electron chi connectivity index (χ3n) is 5.45. The summed E-state index contributed by atoms with van der Waals surface area (Å²) >= 11 is 0. The molecule has 5 aromatic rings. The fraction of sp³-hybridized carbons (Fsp3) is 0.0400. The van der Waals surface area contributed by atoms with E-state index in [2.05, 4.69) is 31.2 Å². The van der Waals surface area contributed by atoms with Gasteiger partial charge in [0.25, 0.3) is 0 Å². The molecule has 0 spiro atoms. The molecule has 4 amide bonds. The zero-order valence-corrected chi connectivity index (χ0v) is 17.8. The molecule has 8 heteroatoms. The lowest BCUT2D eigenvalue weighted by Gasteiger charge is -2.14. The van der Waals surface area contributed by atoms with Gasteiger partial charge in [-0.05, 0) is 73.2 Å². The summed E-state index contributed by atoms with van der Waals surface area (Å²) in [5.41, 5.74) is 5.31. The summed E-state index contributed by atoms with van der Waals surface area (Å²) in [5, 5.41) is 13.4. The van der Waals surface area contributed by atoms with E-state index in [0.717, 1.165) is 27.4 Å². The van der Waals surface area contributed by atoms with E-state index >= 15 is 0 Å². The van der Waals surface area contributed by atoms with Gasteiger partial charge in [-0.25, -0.2) is 9.59 Å². The van der Waals surface area contributed by atoms with Crippen molar-refractivity contribution in [1.82, 2.24) is 9.97 Å². The monoisotopic (exact) mass is 438 g/mol. The van der Waals surface area contributed by atoms with Gasteiger partial charge in [-0.15, -0.1) is 0 Å². The number of H-pyrrole nitrogens is 2. The molecule has 3 aromatic carbocycles. The summed E-state index contributed by atoms with van der Waals surface area (Å²) in [5.74, 6) is 0. The predicted molar refractivity (Wildman–Crippen MR) is 133 cm³/mol. The second-order valence-electron chi connectivity index (χ2n) is 7.70. The zero-order valence-electron chi connectivity index (χ0n) is 17.8. The highest BCUT2D eigenvalue weighted by molar-refractivity contribution is 6.04. The highest BCUT2D eigenvalue weighted by Crippen LogP contribution is 2.25. The predicted octanol–water partition coefficient (Wildman–Crippen LogP) is 6.25. The highest BCUT2D eigenvalue weighted by Gasteiger charge is 2.11. The highest BCUT2D eigenvalue weighted by atomic mass is 16.2.